The Morgan fingerprint density at radius 2 is 2.33 bits per heavy atom. The second-order valence-corrected chi connectivity index (χ2v) is 3.41. The molecule has 0 atom stereocenters. The van der Waals surface area contributed by atoms with Crippen molar-refractivity contribution >= 4 is 0 Å². The molecule has 4 heteroatoms. The molecule has 0 saturated heterocycles. The minimum atomic E-state index is -0.402. The van der Waals surface area contributed by atoms with Gasteiger partial charge in [-0.2, -0.15) is 5.10 Å². The Labute approximate surface area is 72.0 Å². The summed E-state index contributed by atoms with van der Waals surface area (Å²) in [7, 11) is 0. The van der Waals surface area contributed by atoms with Gasteiger partial charge in [0.2, 0.25) is 0 Å². The molecule has 1 aromatic rings. The van der Waals surface area contributed by atoms with Gasteiger partial charge >= 0.3 is 0 Å². The van der Waals surface area contributed by atoms with E-state index in [0.29, 0.717) is 6.54 Å². The molecule has 1 rings (SSSR count). The highest BCUT2D eigenvalue weighted by atomic mass is 16.3. The fourth-order valence-corrected chi connectivity index (χ4v) is 0.932. The van der Waals surface area contributed by atoms with Crippen LogP contribution in [0.3, 0.4) is 0 Å². The molecule has 12 heavy (non-hydrogen) atoms. The number of aliphatic hydroxyl groups is 1. The second kappa shape index (κ2) is 3.25. The highest BCUT2D eigenvalue weighted by Crippen LogP contribution is 2.13. The second-order valence-electron chi connectivity index (χ2n) is 3.41. The van der Waals surface area contributed by atoms with E-state index in [0.717, 1.165) is 5.69 Å². The summed E-state index contributed by atoms with van der Waals surface area (Å²) >= 11 is 0. The highest BCUT2D eigenvalue weighted by molar-refractivity contribution is 5.09. The summed E-state index contributed by atoms with van der Waals surface area (Å²) in [6.45, 7) is 4.43. The minimum absolute atomic E-state index is 0.103. The molecule has 0 aromatic carbocycles. The Kier molecular flexibility index (Phi) is 2.49. The van der Waals surface area contributed by atoms with Gasteiger partial charge in [0.15, 0.2) is 0 Å². The van der Waals surface area contributed by atoms with E-state index in [9.17, 15) is 0 Å². The number of aliphatic hydroxyl groups excluding tert-OH is 1. The molecule has 0 amide bonds. The molecule has 3 N–H and O–H groups in total. The molecule has 0 radical (unpaired) electrons. The number of nitrogens with two attached hydrogens (primary N) is 1. The van der Waals surface area contributed by atoms with Gasteiger partial charge in [-0.1, -0.05) is 0 Å². The van der Waals surface area contributed by atoms with Crippen LogP contribution in [0.4, 0.5) is 0 Å². The van der Waals surface area contributed by atoms with E-state index in [1.54, 1.807) is 4.68 Å². The Morgan fingerprint density at radius 1 is 1.67 bits per heavy atom. The molecule has 1 aromatic heterocycles. The van der Waals surface area contributed by atoms with Crippen LogP contribution in [-0.2, 0) is 12.1 Å². The van der Waals surface area contributed by atoms with Crippen molar-refractivity contribution in [2.24, 2.45) is 5.73 Å². The first-order valence-corrected chi connectivity index (χ1v) is 3.97. The molecule has 0 aliphatic heterocycles. The van der Waals surface area contributed by atoms with Crippen molar-refractivity contribution in [2.45, 2.75) is 25.9 Å². The molecule has 0 aliphatic carbocycles. The van der Waals surface area contributed by atoms with Gasteiger partial charge in [-0.3, -0.25) is 4.68 Å². The monoisotopic (exact) mass is 169 g/mol. The lowest BCUT2D eigenvalue weighted by Crippen LogP contribution is -2.29. The molecular formula is C8H15N3O. The summed E-state index contributed by atoms with van der Waals surface area (Å²) in [5.41, 5.74) is 6.27. The Bertz CT molecular complexity index is 249. The van der Waals surface area contributed by atoms with Crippen LogP contribution in [0, 0.1) is 0 Å². The third kappa shape index (κ3) is 2.06. The van der Waals surface area contributed by atoms with Crippen LogP contribution in [0.1, 0.15) is 19.5 Å². The lowest BCUT2D eigenvalue weighted by molar-refractivity contribution is 0.268. The minimum Gasteiger partial charge on any atom is -0.394 e. The van der Waals surface area contributed by atoms with Crippen LogP contribution in [0.15, 0.2) is 12.3 Å². The van der Waals surface area contributed by atoms with E-state index in [-0.39, 0.29) is 6.61 Å². The Morgan fingerprint density at radius 3 is 2.75 bits per heavy atom. The molecule has 68 valence electrons. The van der Waals surface area contributed by atoms with Crippen molar-refractivity contribution in [3.8, 4) is 0 Å². The third-order valence-electron chi connectivity index (χ3n) is 1.63. The molecule has 0 aliphatic rings. The van der Waals surface area contributed by atoms with Crippen LogP contribution in [-0.4, -0.2) is 21.5 Å². The number of rotatable bonds is 3. The van der Waals surface area contributed by atoms with E-state index in [1.807, 2.05) is 26.1 Å². The van der Waals surface area contributed by atoms with Crippen molar-refractivity contribution in [2.75, 3.05) is 6.61 Å². The summed E-state index contributed by atoms with van der Waals surface area (Å²) in [6, 6.07) is 1.87. The molecule has 0 spiro atoms. The molecule has 4 nitrogen and oxygen atoms in total. The van der Waals surface area contributed by atoms with Crippen molar-refractivity contribution in [3.63, 3.8) is 0 Å². The van der Waals surface area contributed by atoms with Crippen LogP contribution >= 0.6 is 0 Å². The lowest BCUT2D eigenvalue weighted by Gasteiger charge is -2.14. The lowest BCUT2D eigenvalue weighted by atomic mass is 10.0. The summed E-state index contributed by atoms with van der Waals surface area (Å²) in [5, 5.41) is 12.8. The fourth-order valence-electron chi connectivity index (χ4n) is 0.932. The number of hydrogen-bond donors (Lipinski definition) is 2. The van der Waals surface area contributed by atoms with Crippen molar-refractivity contribution < 1.29 is 5.11 Å². The maximum absolute atomic E-state index is 8.64. The summed E-state index contributed by atoms with van der Waals surface area (Å²) < 4.78 is 1.68. The van der Waals surface area contributed by atoms with Gasteiger partial charge in [0.25, 0.3) is 0 Å². The molecule has 0 bridgehead atoms. The topological polar surface area (TPSA) is 64.1 Å². The van der Waals surface area contributed by atoms with Gasteiger partial charge in [0, 0.05) is 6.20 Å². The number of nitrogens with zero attached hydrogens (tertiary/aromatic N) is 2. The largest absolute Gasteiger partial charge is 0.394 e. The summed E-state index contributed by atoms with van der Waals surface area (Å²) in [4.78, 5) is 0. The summed E-state index contributed by atoms with van der Waals surface area (Å²) in [5.74, 6) is 0. The smallest absolute Gasteiger partial charge is 0.0817 e. The average Bonchev–Trinajstić information content (AvgIpc) is 2.35. The van der Waals surface area contributed by atoms with Gasteiger partial charge in [-0.25, -0.2) is 0 Å². The Hall–Kier alpha value is -0.870. The van der Waals surface area contributed by atoms with E-state index >= 15 is 0 Å². The molecular weight excluding hydrogens is 154 g/mol. The fraction of sp³-hybridized carbons (Fsp3) is 0.625. The van der Waals surface area contributed by atoms with Crippen LogP contribution < -0.4 is 5.73 Å². The van der Waals surface area contributed by atoms with Crippen molar-refractivity contribution in [1.82, 2.24) is 9.78 Å². The van der Waals surface area contributed by atoms with Gasteiger partial charge in [0.1, 0.15) is 0 Å². The average molecular weight is 169 g/mol. The Balaban J connectivity index is 2.77. The molecule has 1 heterocycles. The normalized spacial score (nSPS) is 12.0. The number of aromatic nitrogens is 2. The highest BCUT2D eigenvalue weighted by Gasteiger charge is 2.16. The molecule has 0 saturated carbocycles. The van der Waals surface area contributed by atoms with E-state index in [2.05, 4.69) is 5.10 Å². The zero-order valence-electron chi connectivity index (χ0n) is 7.49. The zero-order valence-corrected chi connectivity index (χ0v) is 7.49. The zero-order chi connectivity index (χ0) is 9.19. The first kappa shape index (κ1) is 9.22. The SMILES string of the molecule is CC(C)(N)c1ccn(CCO)n1. The predicted molar refractivity (Wildman–Crippen MR) is 46.5 cm³/mol. The predicted octanol–water partition coefficient (Wildman–Crippen LogP) is 0.0692. The third-order valence-corrected chi connectivity index (χ3v) is 1.63. The van der Waals surface area contributed by atoms with Gasteiger partial charge in [0.05, 0.1) is 24.4 Å². The van der Waals surface area contributed by atoms with E-state index in [4.69, 9.17) is 10.8 Å². The first-order chi connectivity index (χ1) is 5.54. The maximum atomic E-state index is 8.64. The quantitative estimate of drug-likeness (QED) is 0.673. The van der Waals surface area contributed by atoms with E-state index in [1.165, 1.54) is 0 Å². The van der Waals surface area contributed by atoms with Crippen LogP contribution in [0.25, 0.3) is 0 Å². The molecule has 0 fully saturated rings. The van der Waals surface area contributed by atoms with Gasteiger partial charge in [-0.15, -0.1) is 0 Å². The maximum Gasteiger partial charge on any atom is 0.0817 e. The van der Waals surface area contributed by atoms with Crippen molar-refractivity contribution in [1.29, 1.82) is 0 Å². The van der Waals surface area contributed by atoms with Gasteiger partial charge < -0.3 is 10.8 Å². The standard InChI is InChI=1S/C8H15N3O/c1-8(2,9)7-3-4-11(10-7)5-6-12/h3-4,12H,5-6,9H2,1-2H3. The number of hydrogen-bond acceptors (Lipinski definition) is 3. The van der Waals surface area contributed by atoms with Gasteiger partial charge in [-0.05, 0) is 19.9 Å². The van der Waals surface area contributed by atoms with Crippen LogP contribution in [0.5, 0.6) is 0 Å². The summed E-state index contributed by atoms with van der Waals surface area (Å²) in [6.07, 6.45) is 1.82. The van der Waals surface area contributed by atoms with E-state index < -0.39 is 5.54 Å². The van der Waals surface area contributed by atoms with Crippen molar-refractivity contribution in [3.05, 3.63) is 18.0 Å². The van der Waals surface area contributed by atoms with Crippen LogP contribution in [0.2, 0.25) is 0 Å². The molecule has 0 unspecified atom stereocenters. The first-order valence-electron chi connectivity index (χ1n) is 3.97.